The molecule has 4 nitrogen and oxygen atoms in total. The molecule has 4 heteroatoms. The standard InChI is InChI=1S/C11H22N2O2/c1-3-11(4-2,8-14)13-10(15)9-6-5-7-12-9/h9,12,14H,3-8H2,1-2H3,(H,13,15)/t9-/m0/s1. The number of carbonyl (C=O) groups is 1. The largest absolute Gasteiger partial charge is 0.394 e. The molecule has 1 atom stereocenters. The van der Waals surface area contributed by atoms with Gasteiger partial charge in [-0.05, 0) is 32.2 Å². The Morgan fingerprint density at radius 2 is 2.20 bits per heavy atom. The van der Waals surface area contributed by atoms with Gasteiger partial charge in [0.05, 0.1) is 18.2 Å². The number of aliphatic hydroxyl groups excluding tert-OH is 1. The normalized spacial score (nSPS) is 21.7. The molecule has 3 N–H and O–H groups in total. The highest BCUT2D eigenvalue weighted by molar-refractivity contribution is 5.82. The van der Waals surface area contributed by atoms with Crippen LogP contribution in [-0.2, 0) is 4.79 Å². The molecule has 0 unspecified atom stereocenters. The summed E-state index contributed by atoms with van der Waals surface area (Å²) in [6, 6.07) is -0.0611. The Morgan fingerprint density at radius 3 is 2.60 bits per heavy atom. The first-order chi connectivity index (χ1) is 7.17. The van der Waals surface area contributed by atoms with E-state index in [4.69, 9.17) is 0 Å². The molecule has 0 aliphatic carbocycles. The number of hydrogen-bond acceptors (Lipinski definition) is 3. The molecular formula is C11H22N2O2. The van der Waals surface area contributed by atoms with Crippen molar-refractivity contribution in [3.8, 4) is 0 Å². The van der Waals surface area contributed by atoms with Crippen molar-refractivity contribution in [1.82, 2.24) is 10.6 Å². The second-order valence-electron chi connectivity index (χ2n) is 4.28. The molecule has 1 aliphatic heterocycles. The van der Waals surface area contributed by atoms with Crippen LogP contribution in [0, 0.1) is 0 Å². The van der Waals surface area contributed by atoms with Crippen molar-refractivity contribution in [3.63, 3.8) is 0 Å². The number of aliphatic hydroxyl groups is 1. The van der Waals surface area contributed by atoms with E-state index in [1.54, 1.807) is 0 Å². The molecule has 1 heterocycles. The molecular weight excluding hydrogens is 192 g/mol. The summed E-state index contributed by atoms with van der Waals surface area (Å²) in [7, 11) is 0. The molecule has 88 valence electrons. The fourth-order valence-corrected chi connectivity index (χ4v) is 1.95. The van der Waals surface area contributed by atoms with Crippen LogP contribution in [0.3, 0.4) is 0 Å². The van der Waals surface area contributed by atoms with Gasteiger partial charge in [0.15, 0.2) is 0 Å². The lowest BCUT2D eigenvalue weighted by molar-refractivity contribution is -0.125. The highest BCUT2D eigenvalue weighted by Gasteiger charge is 2.31. The summed E-state index contributed by atoms with van der Waals surface area (Å²) >= 11 is 0. The second kappa shape index (κ2) is 5.47. The molecule has 1 fully saturated rings. The van der Waals surface area contributed by atoms with Crippen LogP contribution in [0.15, 0.2) is 0 Å². The minimum Gasteiger partial charge on any atom is -0.394 e. The molecule has 1 aliphatic rings. The van der Waals surface area contributed by atoms with Gasteiger partial charge in [-0.25, -0.2) is 0 Å². The Hall–Kier alpha value is -0.610. The molecule has 0 spiro atoms. The highest BCUT2D eigenvalue weighted by Crippen LogP contribution is 2.15. The Morgan fingerprint density at radius 1 is 1.53 bits per heavy atom. The van der Waals surface area contributed by atoms with Crippen LogP contribution in [0.4, 0.5) is 0 Å². The third-order valence-electron chi connectivity index (χ3n) is 3.42. The van der Waals surface area contributed by atoms with Crippen LogP contribution in [0.25, 0.3) is 0 Å². The molecule has 0 saturated carbocycles. The fraction of sp³-hybridized carbons (Fsp3) is 0.909. The lowest BCUT2D eigenvalue weighted by Crippen LogP contribution is -2.55. The summed E-state index contributed by atoms with van der Waals surface area (Å²) in [4.78, 5) is 11.9. The van der Waals surface area contributed by atoms with Gasteiger partial charge in [0.25, 0.3) is 0 Å². The lowest BCUT2D eigenvalue weighted by Gasteiger charge is -2.31. The molecule has 0 bridgehead atoms. The molecule has 1 amide bonds. The summed E-state index contributed by atoms with van der Waals surface area (Å²) in [5.74, 6) is 0.0326. The van der Waals surface area contributed by atoms with E-state index < -0.39 is 5.54 Å². The number of amides is 1. The monoisotopic (exact) mass is 214 g/mol. The summed E-state index contributed by atoms with van der Waals surface area (Å²) in [6.45, 7) is 4.91. The van der Waals surface area contributed by atoms with Gasteiger partial charge in [-0.1, -0.05) is 13.8 Å². The minimum atomic E-state index is -0.429. The van der Waals surface area contributed by atoms with Crippen LogP contribution in [0.2, 0.25) is 0 Å². The van der Waals surface area contributed by atoms with Gasteiger partial charge in [-0.3, -0.25) is 4.79 Å². The smallest absolute Gasteiger partial charge is 0.237 e. The van der Waals surface area contributed by atoms with Crippen LogP contribution in [0.5, 0.6) is 0 Å². The topological polar surface area (TPSA) is 61.4 Å². The number of carbonyl (C=O) groups excluding carboxylic acids is 1. The summed E-state index contributed by atoms with van der Waals surface area (Å²) in [5.41, 5.74) is -0.429. The van der Waals surface area contributed by atoms with Crippen LogP contribution in [0.1, 0.15) is 39.5 Å². The van der Waals surface area contributed by atoms with Crippen molar-refractivity contribution >= 4 is 5.91 Å². The second-order valence-corrected chi connectivity index (χ2v) is 4.28. The number of hydrogen-bond donors (Lipinski definition) is 3. The first kappa shape index (κ1) is 12.5. The van der Waals surface area contributed by atoms with E-state index in [1.807, 2.05) is 13.8 Å². The zero-order valence-corrected chi connectivity index (χ0v) is 9.68. The van der Waals surface area contributed by atoms with Gasteiger partial charge in [0, 0.05) is 0 Å². The van der Waals surface area contributed by atoms with Crippen molar-refractivity contribution in [2.45, 2.75) is 51.1 Å². The quantitative estimate of drug-likeness (QED) is 0.621. The SMILES string of the molecule is CCC(CC)(CO)NC(=O)[C@@H]1CCCN1. The van der Waals surface area contributed by atoms with Crippen molar-refractivity contribution in [2.24, 2.45) is 0 Å². The van der Waals surface area contributed by atoms with Gasteiger partial charge < -0.3 is 15.7 Å². The Kier molecular flexibility index (Phi) is 4.54. The van der Waals surface area contributed by atoms with Crippen molar-refractivity contribution in [1.29, 1.82) is 0 Å². The molecule has 0 aromatic rings. The zero-order chi connectivity index (χ0) is 11.3. The van der Waals surface area contributed by atoms with E-state index in [1.165, 1.54) is 0 Å². The number of rotatable bonds is 5. The predicted octanol–water partition coefficient (Wildman–Crippen LogP) is 0.406. The average Bonchev–Trinajstić information content (AvgIpc) is 2.79. The van der Waals surface area contributed by atoms with Gasteiger partial charge in [0.1, 0.15) is 0 Å². The van der Waals surface area contributed by atoms with Gasteiger partial charge in [-0.15, -0.1) is 0 Å². The first-order valence-corrected chi connectivity index (χ1v) is 5.83. The van der Waals surface area contributed by atoms with Crippen LogP contribution in [-0.4, -0.2) is 35.7 Å². The molecule has 0 radical (unpaired) electrons. The Balaban J connectivity index is 2.53. The fourth-order valence-electron chi connectivity index (χ4n) is 1.95. The van der Waals surface area contributed by atoms with Crippen LogP contribution >= 0.6 is 0 Å². The van der Waals surface area contributed by atoms with Crippen molar-refractivity contribution < 1.29 is 9.90 Å². The van der Waals surface area contributed by atoms with E-state index >= 15 is 0 Å². The molecule has 0 aromatic carbocycles. The molecule has 1 saturated heterocycles. The maximum Gasteiger partial charge on any atom is 0.237 e. The highest BCUT2D eigenvalue weighted by atomic mass is 16.3. The molecule has 1 rings (SSSR count). The van der Waals surface area contributed by atoms with Crippen molar-refractivity contribution in [2.75, 3.05) is 13.2 Å². The van der Waals surface area contributed by atoms with Crippen molar-refractivity contribution in [3.05, 3.63) is 0 Å². The summed E-state index contributed by atoms with van der Waals surface area (Å²) < 4.78 is 0. The zero-order valence-electron chi connectivity index (χ0n) is 9.68. The summed E-state index contributed by atoms with van der Waals surface area (Å²) in [5, 5.41) is 15.5. The van der Waals surface area contributed by atoms with Gasteiger partial charge in [0.2, 0.25) is 5.91 Å². The average molecular weight is 214 g/mol. The van der Waals surface area contributed by atoms with E-state index in [0.29, 0.717) is 0 Å². The van der Waals surface area contributed by atoms with Gasteiger partial charge in [-0.2, -0.15) is 0 Å². The van der Waals surface area contributed by atoms with E-state index in [0.717, 1.165) is 32.2 Å². The Labute approximate surface area is 91.4 Å². The van der Waals surface area contributed by atoms with E-state index in [9.17, 15) is 9.90 Å². The third-order valence-corrected chi connectivity index (χ3v) is 3.42. The Bertz CT molecular complexity index is 200. The maximum atomic E-state index is 11.9. The molecule has 0 aromatic heterocycles. The van der Waals surface area contributed by atoms with E-state index in [2.05, 4.69) is 10.6 Å². The minimum absolute atomic E-state index is 0.0124. The third kappa shape index (κ3) is 2.92. The summed E-state index contributed by atoms with van der Waals surface area (Å²) in [6.07, 6.45) is 3.49. The van der Waals surface area contributed by atoms with Crippen LogP contribution < -0.4 is 10.6 Å². The predicted molar refractivity (Wildman–Crippen MR) is 59.6 cm³/mol. The molecule has 15 heavy (non-hydrogen) atoms. The van der Waals surface area contributed by atoms with E-state index in [-0.39, 0.29) is 18.6 Å². The lowest BCUT2D eigenvalue weighted by atomic mass is 9.93. The number of nitrogens with one attached hydrogen (secondary N) is 2. The maximum absolute atomic E-state index is 11.9. The van der Waals surface area contributed by atoms with Gasteiger partial charge >= 0.3 is 0 Å². The first-order valence-electron chi connectivity index (χ1n) is 5.83.